The molecule has 1 aliphatic carbocycles. The van der Waals surface area contributed by atoms with Crippen molar-refractivity contribution in [3.8, 4) is 0 Å². The standard InChI is InChI=1S/C16H31NO3/c1-5-14(18)17-15(16(3,4)19)12(2)20-11-13-9-7-6-8-10-13/h12-13,15,19H,5-11H2,1-4H3,(H,17,18). The average molecular weight is 285 g/mol. The number of ether oxygens (including phenoxy) is 1. The molecule has 2 N–H and O–H groups in total. The number of amides is 1. The van der Waals surface area contributed by atoms with E-state index < -0.39 is 5.60 Å². The molecule has 1 rings (SSSR count). The molecule has 0 aliphatic heterocycles. The quantitative estimate of drug-likeness (QED) is 0.756. The van der Waals surface area contributed by atoms with E-state index in [9.17, 15) is 9.90 Å². The van der Waals surface area contributed by atoms with Gasteiger partial charge in [-0.25, -0.2) is 0 Å². The Kier molecular flexibility index (Phi) is 6.96. The zero-order valence-electron chi connectivity index (χ0n) is 13.4. The molecule has 2 atom stereocenters. The van der Waals surface area contributed by atoms with Gasteiger partial charge in [-0.05, 0) is 39.5 Å². The lowest BCUT2D eigenvalue weighted by Crippen LogP contribution is -2.55. The Labute approximate surface area is 123 Å². The van der Waals surface area contributed by atoms with Crippen molar-refractivity contribution in [2.75, 3.05) is 6.61 Å². The second-order valence-electron chi connectivity index (χ2n) is 6.59. The molecule has 0 saturated heterocycles. The highest BCUT2D eigenvalue weighted by Gasteiger charge is 2.33. The van der Waals surface area contributed by atoms with Crippen molar-refractivity contribution in [3.05, 3.63) is 0 Å². The maximum atomic E-state index is 11.6. The van der Waals surface area contributed by atoms with E-state index in [1.165, 1.54) is 32.1 Å². The number of carbonyl (C=O) groups excluding carboxylic acids is 1. The highest BCUT2D eigenvalue weighted by Crippen LogP contribution is 2.25. The first-order valence-electron chi connectivity index (χ1n) is 7.98. The third-order valence-electron chi connectivity index (χ3n) is 4.19. The van der Waals surface area contributed by atoms with Crippen molar-refractivity contribution >= 4 is 5.91 Å². The van der Waals surface area contributed by atoms with E-state index in [2.05, 4.69) is 5.32 Å². The number of hydrogen-bond donors (Lipinski definition) is 2. The van der Waals surface area contributed by atoms with E-state index in [1.54, 1.807) is 13.8 Å². The normalized spacial score (nSPS) is 20.4. The molecule has 1 amide bonds. The third-order valence-corrected chi connectivity index (χ3v) is 4.19. The van der Waals surface area contributed by atoms with Crippen LogP contribution in [0.15, 0.2) is 0 Å². The molecule has 0 radical (unpaired) electrons. The minimum absolute atomic E-state index is 0.0507. The highest BCUT2D eigenvalue weighted by molar-refractivity contribution is 5.76. The SMILES string of the molecule is CCC(=O)NC(C(C)OCC1CCCCC1)C(C)(C)O. The van der Waals surface area contributed by atoms with Crippen LogP contribution in [-0.4, -0.2) is 35.4 Å². The Morgan fingerprint density at radius 1 is 1.35 bits per heavy atom. The van der Waals surface area contributed by atoms with Gasteiger partial charge < -0.3 is 15.2 Å². The fourth-order valence-corrected chi connectivity index (χ4v) is 2.88. The number of hydrogen-bond acceptors (Lipinski definition) is 3. The second-order valence-corrected chi connectivity index (χ2v) is 6.59. The number of rotatable bonds is 7. The Morgan fingerprint density at radius 2 is 1.95 bits per heavy atom. The number of carbonyl (C=O) groups is 1. The molecule has 0 heterocycles. The molecule has 0 bridgehead atoms. The van der Waals surface area contributed by atoms with E-state index in [0.29, 0.717) is 12.3 Å². The van der Waals surface area contributed by atoms with Gasteiger partial charge in [0.1, 0.15) is 0 Å². The van der Waals surface area contributed by atoms with Crippen LogP contribution in [0.25, 0.3) is 0 Å². The van der Waals surface area contributed by atoms with Gasteiger partial charge in [0.15, 0.2) is 0 Å². The molecule has 4 nitrogen and oxygen atoms in total. The smallest absolute Gasteiger partial charge is 0.220 e. The van der Waals surface area contributed by atoms with E-state index in [0.717, 1.165) is 6.61 Å². The third kappa shape index (κ3) is 5.80. The molecule has 20 heavy (non-hydrogen) atoms. The predicted octanol–water partition coefficient (Wildman–Crippen LogP) is 2.64. The second kappa shape index (κ2) is 7.99. The Morgan fingerprint density at radius 3 is 2.45 bits per heavy atom. The monoisotopic (exact) mass is 285 g/mol. The topological polar surface area (TPSA) is 58.6 Å². The molecular weight excluding hydrogens is 254 g/mol. The van der Waals surface area contributed by atoms with Gasteiger partial charge in [0.25, 0.3) is 0 Å². The average Bonchev–Trinajstić information content (AvgIpc) is 2.41. The van der Waals surface area contributed by atoms with Crippen LogP contribution < -0.4 is 5.32 Å². The lowest BCUT2D eigenvalue weighted by atomic mass is 9.89. The van der Waals surface area contributed by atoms with Crippen LogP contribution in [0.3, 0.4) is 0 Å². The molecule has 2 unspecified atom stereocenters. The summed E-state index contributed by atoms with van der Waals surface area (Å²) in [5.41, 5.74) is -0.989. The summed E-state index contributed by atoms with van der Waals surface area (Å²) in [5.74, 6) is 0.584. The van der Waals surface area contributed by atoms with Gasteiger partial charge in [-0.2, -0.15) is 0 Å². The first-order valence-corrected chi connectivity index (χ1v) is 7.98. The van der Waals surface area contributed by atoms with Crippen LogP contribution >= 0.6 is 0 Å². The Bertz CT molecular complexity index is 293. The zero-order chi connectivity index (χ0) is 15.2. The minimum atomic E-state index is -0.989. The van der Waals surface area contributed by atoms with Crippen LogP contribution in [0.1, 0.15) is 66.2 Å². The number of nitrogens with one attached hydrogen (secondary N) is 1. The van der Waals surface area contributed by atoms with Gasteiger partial charge in [0, 0.05) is 13.0 Å². The summed E-state index contributed by atoms with van der Waals surface area (Å²) in [7, 11) is 0. The molecule has 0 aromatic rings. The van der Waals surface area contributed by atoms with Crippen LogP contribution in [0.2, 0.25) is 0 Å². The van der Waals surface area contributed by atoms with Crippen LogP contribution in [0.4, 0.5) is 0 Å². The minimum Gasteiger partial charge on any atom is -0.388 e. The summed E-state index contributed by atoms with van der Waals surface area (Å²) < 4.78 is 5.94. The summed E-state index contributed by atoms with van der Waals surface area (Å²) in [6, 6.07) is -0.376. The summed E-state index contributed by atoms with van der Waals surface area (Å²) in [4.78, 5) is 11.6. The summed E-state index contributed by atoms with van der Waals surface area (Å²) in [6.07, 6.45) is 6.63. The lowest BCUT2D eigenvalue weighted by molar-refractivity contribution is -0.127. The maximum Gasteiger partial charge on any atom is 0.220 e. The van der Waals surface area contributed by atoms with Crippen molar-refractivity contribution in [3.63, 3.8) is 0 Å². The van der Waals surface area contributed by atoms with Crippen molar-refractivity contribution < 1.29 is 14.6 Å². The number of aliphatic hydroxyl groups is 1. The molecule has 1 fully saturated rings. The fraction of sp³-hybridized carbons (Fsp3) is 0.938. The van der Waals surface area contributed by atoms with Gasteiger partial charge >= 0.3 is 0 Å². The van der Waals surface area contributed by atoms with E-state index in [-0.39, 0.29) is 18.1 Å². The van der Waals surface area contributed by atoms with Crippen LogP contribution in [0, 0.1) is 5.92 Å². The molecular formula is C16H31NO3. The van der Waals surface area contributed by atoms with Crippen molar-refractivity contribution in [2.45, 2.75) is 84.0 Å². The van der Waals surface area contributed by atoms with E-state index in [4.69, 9.17) is 4.74 Å². The molecule has 1 aliphatic rings. The molecule has 118 valence electrons. The van der Waals surface area contributed by atoms with Crippen molar-refractivity contribution in [1.82, 2.24) is 5.32 Å². The van der Waals surface area contributed by atoms with E-state index >= 15 is 0 Å². The molecule has 0 spiro atoms. The summed E-state index contributed by atoms with van der Waals surface area (Å²) >= 11 is 0. The first-order chi connectivity index (χ1) is 9.34. The molecule has 1 saturated carbocycles. The largest absolute Gasteiger partial charge is 0.388 e. The first kappa shape index (κ1) is 17.4. The molecule has 0 aromatic carbocycles. The van der Waals surface area contributed by atoms with Gasteiger partial charge in [-0.3, -0.25) is 4.79 Å². The van der Waals surface area contributed by atoms with Gasteiger partial charge in [-0.1, -0.05) is 26.2 Å². The van der Waals surface area contributed by atoms with Gasteiger partial charge in [-0.15, -0.1) is 0 Å². The lowest BCUT2D eigenvalue weighted by Gasteiger charge is -2.35. The Hall–Kier alpha value is -0.610. The van der Waals surface area contributed by atoms with Crippen LogP contribution in [0.5, 0.6) is 0 Å². The molecule has 0 aromatic heterocycles. The predicted molar refractivity (Wildman–Crippen MR) is 80.5 cm³/mol. The summed E-state index contributed by atoms with van der Waals surface area (Å²) in [5, 5.41) is 13.1. The fourth-order valence-electron chi connectivity index (χ4n) is 2.88. The highest BCUT2D eigenvalue weighted by atomic mass is 16.5. The van der Waals surface area contributed by atoms with Crippen molar-refractivity contribution in [2.24, 2.45) is 5.92 Å². The Balaban J connectivity index is 2.49. The van der Waals surface area contributed by atoms with Crippen molar-refractivity contribution in [1.29, 1.82) is 0 Å². The zero-order valence-corrected chi connectivity index (χ0v) is 13.4. The molecule has 4 heteroatoms. The van der Waals surface area contributed by atoms with Gasteiger partial charge in [0.05, 0.1) is 17.7 Å². The van der Waals surface area contributed by atoms with Gasteiger partial charge in [0.2, 0.25) is 5.91 Å². The van der Waals surface area contributed by atoms with Crippen LogP contribution in [-0.2, 0) is 9.53 Å². The summed E-state index contributed by atoms with van der Waals surface area (Å²) in [6.45, 7) is 7.91. The van der Waals surface area contributed by atoms with E-state index in [1.807, 2.05) is 13.8 Å². The maximum absolute atomic E-state index is 11.6.